The second kappa shape index (κ2) is 6.11. The predicted molar refractivity (Wildman–Crippen MR) is 81.8 cm³/mol. The Balaban J connectivity index is 1.82. The lowest BCUT2D eigenvalue weighted by molar-refractivity contribution is 0.473. The Morgan fingerprint density at radius 2 is 2.38 bits per heavy atom. The zero-order valence-electron chi connectivity index (χ0n) is 12.3. The fraction of sp³-hybridized carbons (Fsp3) is 0.412. The van der Waals surface area contributed by atoms with Crippen molar-refractivity contribution < 1.29 is 0 Å². The van der Waals surface area contributed by atoms with E-state index in [0.717, 1.165) is 18.7 Å². The standard InChI is InChI=1S/C17H20N4/c1-2-19-17-5-3-4-14-11-21(12-16(14)17)10-13-6-7-20-15(8-13)9-18/h6-8,11-12,17,19H,2-5,10H2,1H3. The van der Waals surface area contributed by atoms with Crippen LogP contribution in [0.4, 0.5) is 0 Å². The second-order valence-corrected chi connectivity index (χ2v) is 5.57. The Hall–Kier alpha value is -2.12. The topological polar surface area (TPSA) is 53.6 Å². The molecule has 1 aliphatic carbocycles. The summed E-state index contributed by atoms with van der Waals surface area (Å²) in [5.41, 5.74) is 4.50. The quantitative estimate of drug-likeness (QED) is 0.937. The van der Waals surface area contributed by atoms with Crippen LogP contribution in [0.25, 0.3) is 0 Å². The van der Waals surface area contributed by atoms with Gasteiger partial charge in [-0.3, -0.25) is 0 Å². The molecule has 1 atom stereocenters. The molecule has 0 bridgehead atoms. The van der Waals surface area contributed by atoms with E-state index in [9.17, 15) is 0 Å². The molecule has 0 spiro atoms. The van der Waals surface area contributed by atoms with Crippen LogP contribution >= 0.6 is 0 Å². The normalized spacial score (nSPS) is 17.2. The van der Waals surface area contributed by atoms with Gasteiger partial charge < -0.3 is 9.88 Å². The Labute approximate surface area is 125 Å². The van der Waals surface area contributed by atoms with E-state index in [1.54, 1.807) is 6.20 Å². The maximum absolute atomic E-state index is 8.93. The summed E-state index contributed by atoms with van der Waals surface area (Å²) in [5, 5.41) is 12.5. The first-order chi connectivity index (χ1) is 10.3. The number of fused-ring (bicyclic) bond motifs is 1. The summed E-state index contributed by atoms with van der Waals surface area (Å²) in [6.45, 7) is 3.96. The Morgan fingerprint density at radius 1 is 1.48 bits per heavy atom. The number of hydrogen-bond acceptors (Lipinski definition) is 3. The minimum absolute atomic E-state index is 0.481. The van der Waals surface area contributed by atoms with Crippen LogP contribution in [0, 0.1) is 11.3 Å². The van der Waals surface area contributed by atoms with Crippen molar-refractivity contribution in [3.05, 3.63) is 53.1 Å². The van der Waals surface area contributed by atoms with E-state index in [0.29, 0.717) is 11.7 Å². The third kappa shape index (κ3) is 2.98. The third-order valence-electron chi connectivity index (χ3n) is 4.07. The Kier molecular flexibility index (Phi) is 4.03. The summed E-state index contributed by atoms with van der Waals surface area (Å²) >= 11 is 0. The van der Waals surface area contributed by atoms with E-state index >= 15 is 0 Å². The van der Waals surface area contributed by atoms with E-state index < -0.39 is 0 Å². The summed E-state index contributed by atoms with van der Waals surface area (Å²) in [6.07, 6.45) is 9.86. The highest BCUT2D eigenvalue weighted by Crippen LogP contribution is 2.30. The van der Waals surface area contributed by atoms with Gasteiger partial charge in [-0.15, -0.1) is 0 Å². The zero-order valence-corrected chi connectivity index (χ0v) is 12.3. The smallest absolute Gasteiger partial charge is 0.140 e. The average Bonchev–Trinajstić information content (AvgIpc) is 2.91. The van der Waals surface area contributed by atoms with Gasteiger partial charge in [0.2, 0.25) is 0 Å². The minimum atomic E-state index is 0.481. The highest BCUT2D eigenvalue weighted by molar-refractivity contribution is 5.32. The van der Waals surface area contributed by atoms with Crippen LogP contribution in [0.15, 0.2) is 30.7 Å². The lowest BCUT2D eigenvalue weighted by atomic mass is 9.91. The number of aromatic nitrogens is 2. The Bertz CT molecular complexity index is 666. The molecule has 4 nitrogen and oxygen atoms in total. The van der Waals surface area contributed by atoms with E-state index in [1.165, 1.54) is 30.4 Å². The van der Waals surface area contributed by atoms with Crippen molar-refractivity contribution in [2.45, 2.75) is 38.8 Å². The number of nitrogens with one attached hydrogen (secondary N) is 1. The summed E-state index contributed by atoms with van der Waals surface area (Å²) < 4.78 is 2.23. The van der Waals surface area contributed by atoms with Crippen LogP contribution in [0.5, 0.6) is 0 Å². The molecule has 1 unspecified atom stereocenters. The first kappa shape index (κ1) is 13.8. The van der Waals surface area contributed by atoms with E-state index in [-0.39, 0.29) is 0 Å². The van der Waals surface area contributed by atoms with Crippen LogP contribution < -0.4 is 5.32 Å². The van der Waals surface area contributed by atoms with Gasteiger partial charge in [-0.05, 0) is 54.6 Å². The highest BCUT2D eigenvalue weighted by Gasteiger charge is 2.21. The fourth-order valence-electron chi connectivity index (χ4n) is 3.14. The molecule has 2 aromatic heterocycles. The number of hydrogen-bond donors (Lipinski definition) is 1. The van der Waals surface area contributed by atoms with E-state index in [1.807, 2.05) is 12.1 Å². The molecule has 0 saturated heterocycles. The number of nitrogens with zero attached hydrogens (tertiary/aromatic N) is 3. The second-order valence-electron chi connectivity index (χ2n) is 5.57. The number of rotatable bonds is 4. The van der Waals surface area contributed by atoms with Crippen LogP contribution in [-0.4, -0.2) is 16.1 Å². The van der Waals surface area contributed by atoms with Crippen molar-refractivity contribution in [3.8, 4) is 6.07 Å². The molecule has 21 heavy (non-hydrogen) atoms. The van der Waals surface area contributed by atoms with Crippen LogP contribution in [0.1, 0.15) is 48.2 Å². The maximum Gasteiger partial charge on any atom is 0.140 e. The predicted octanol–water partition coefficient (Wildman–Crippen LogP) is 2.79. The van der Waals surface area contributed by atoms with Crippen molar-refractivity contribution in [1.82, 2.24) is 14.9 Å². The van der Waals surface area contributed by atoms with Crippen LogP contribution in [-0.2, 0) is 13.0 Å². The SMILES string of the molecule is CCNC1CCCc2cn(Cc3ccnc(C#N)c3)cc21. The summed E-state index contributed by atoms with van der Waals surface area (Å²) in [7, 11) is 0. The average molecular weight is 280 g/mol. The molecule has 2 heterocycles. The molecule has 0 radical (unpaired) electrons. The molecular weight excluding hydrogens is 260 g/mol. The Morgan fingerprint density at radius 3 is 3.19 bits per heavy atom. The molecule has 4 heteroatoms. The first-order valence-corrected chi connectivity index (χ1v) is 7.57. The summed E-state index contributed by atoms with van der Waals surface area (Å²) in [6, 6.07) is 6.42. The zero-order chi connectivity index (χ0) is 14.7. The lowest BCUT2D eigenvalue weighted by Gasteiger charge is -2.22. The van der Waals surface area contributed by atoms with E-state index in [2.05, 4.69) is 40.3 Å². The van der Waals surface area contributed by atoms with Gasteiger partial charge in [0, 0.05) is 31.2 Å². The highest BCUT2D eigenvalue weighted by atomic mass is 15.0. The third-order valence-corrected chi connectivity index (χ3v) is 4.07. The van der Waals surface area contributed by atoms with Gasteiger partial charge in [0.05, 0.1) is 0 Å². The van der Waals surface area contributed by atoms with Crippen molar-refractivity contribution >= 4 is 0 Å². The molecule has 1 aliphatic rings. The van der Waals surface area contributed by atoms with Gasteiger partial charge in [0.25, 0.3) is 0 Å². The monoisotopic (exact) mass is 280 g/mol. The molecule has 0 aliphatic heterocycles. The van der Waals surface area contributed by atoms with Crippen molar-refractivity contribution in [1.29, 1.82) is 5.26 Å². The van der Waals surface area contributed by atoms with Gasteiger partial charge in [0.1, 0.15) is 11.8 Å². The van der Waals surface area contributed by atoms with Crippen LogP contribution in [0.2, 0.25) is 0 Å². The first-order valence-electron chi connectivity index (χ1n) is 7.57. The fourth-order valence-corrected chi connectivity index (χ4v) is 3.14. The van der Waals surface area contributed by atoms with Crippen LogP contribution in [0.3, 0.4) is 0 Å². The van der Waals surface area contributed by atoms with Gasteiger partial charge in [-0.1, -0.05) is 6.92 Å². The van der Waals surface area contributed by atoms with E-state index in [4.69, 9.17) is 5.26 Å². The van der Waals surface area contributed by atoms with Gasteiger partial charge in [0.15, 0.2) is 0 Å². The molecule has 0 amide bonds. The largest absolute Gasteiger partial charge is 0.349 e. The minimum Gasteiger partial charge on any atom is -0.349 e. The van der Waals surface area contributed by atoms with Crippen molar-refractivity contribution in [2.24, 2.45) is 0 Å². The molecule has 2 aromatic rings. The van der Waals surface area contributed by atoms with Crippen molar-refractivity contribution in [2.75, 3.05) is 6.54 Å². The maximum atomic E-state index is 8.93. The molecule has 0 saturated carbocycles. The molecular formula is C17H20N4. The number of aryl methyl sites for hydroxylation is 1. The van der Waals surface area contributed by atoms with Gasteiger partial charge >= 0.3 is 0 Å². The molecule has 3 rings (SSSR count). The number of nitriles is 1. The van der Waals surface area contributed by atoms with Gasteiger partial charge in [-0.2, -0.15) is 5.26 Å². The van der Waals surface area contributed by atoms with Gasteiger partial charge in [-0.25, -0.2) is 4.98 Å². The summed E-state index contributed by atoms with van der Waals surface area (Å²) in [4.78, 5) is 4.02. The van der Waals surface area contributed by atoms with Crippen molar-refractivity contribution in [3.63, 3.8) is 0 Å². The lowest BCUT2D eigenvalue weighted by Crippen LogP contribution is -2.23. The molecule has 1 N–H and O–H groups in total. The molecule has 0 aromatic carbocycles. The molecule has 108 valence electrons. The molecule has 0 fully saturated rings. The summed E-state index contributed by atoms with van der Waals surface area (Å²) in [5.74, 6) is 0. The number of pyridine rings is 1.